The maximum atomic E-state index is 9.44. The lowest BCUT2D eigenvalue weighted by Gasteiger charge is -2.41. The van der Waals surface area contributed by atoms with Crippen LogP contribution in [0.5, 0.6) is 0 Å². The topological polar surface area (TPSA) is 32.3 Å². The molecule has 1 aliphatic carbocycles. The first-order valence-corrected chi connectivity index (χ1v) is 3.77. The first-order chi connectivity index (χ1) is 4.33. The van der Waals surface area contributed by atoms with E-state index in [1.807, 2.05) is 0 Å². The maximum Gasteiger partial charge on any atom is 0.0733 e. The second-order valence-corrected chi connectivity index (χ2v) is 3.24. The molecule has 2 aliphatic rings. The van der Waals surface area contributed by atoms with Crippen LogP contribution < -0.4 is 5.32 Å². The molecule has 1 atom stereocenters. The minimum Gasteiger partial charge on any atom is -0.391 e. The van der Waals surface area contributed by atoms with Crippen molar-refractivity contribution in [1.82, 2.24) is 5.32 Å². The lowest BCUT2D eigenvalue weighted by Crippen LogP contribution is -2.53. The van der Waals surface area contributed by atoms with E-state index in [1.165, 1.54) is 19.3 Å². The molecule has 1 saturated carbocycles. The van der Waals surface area contributed by atoms with Gasteiger partial charge in [0.25, 0.3) is 0 Å². The molecule has 0 aromatic carbocycles. The Morgan fingerprint density at radius 2 is 2.10 bits per heavy atom. The molecule has 0 aromatic rings. The van der Waals surface area contributed by atoms with Crippen LogP contribution >= 0.6 is 12.4 Å². The SMILES string of the molecule is Cl.OC1CCNC12CCC2. The summed E-state index contributed by atoms with van der Waals surface area (Å²) in [6, 6.07) is 0. The van der Waals surface area contributed by atoms with Gasteiger partial charge in [0.1, 0.15) is 0 Å². The third-order valence-electron chi connectivity index (χ3n) is 2.78. The Morgan fingerprint density at radius 3 is 2.30 bits per heavy atom. The van der Waals surface area contributed by atoms with Crippen LogP contribution in [0.25, 0.3) is 0 Å². The molecular weight excluding hydrogens is 150 g/mol. The third-order valence-corrected chi connectivity index (χ3v) is 2.78. The Hall–Kier alpha value is 0.210. The van der Waals surface area contributed by atoms with Gasteiger partial charge in [-0.3, -0.25) is 0 Å². The van der Waals surface area contributed by atoms with Crippen molar-refractivity contribution in [3.8, 4) is 0 Å². The van der Waals surface area contributed by atoms with E-state index in [1.54, 1.807) is 0 Å². The van der Waals surface area contributed by atoms with Crippen molar-refractivity contribution in [3.63, 3.8) is 0 Å². The summed E-state index contributed by atoms with van der Waals surface area (Å²) in [4.78, 5) is 0. The van der Waals surface area contributed by atoms with Crippen LogP contribution in [0.2, 0.25) is 0 Å². The monoisotopic (exact) mass is 163 g/mol. The standard InChI is InChI=1S/C7H13NO.ClH/c9-6-2-5-8-7(6)3-1-4-7;/h6,8-9H,1-5H2;1H. The van der Waals surface area contributed by atoms with Gasteiger partial charge in [0.05, 0.1) is 6.10 Å². The van der Waals surface area contributed by atoms with Crippen LogP contribution in [0.15, 0.2) is 0 Å². The molecule has 60 valence electrons. The zero-order chi connectivity index (χ0) is 6.32. The summed E-state index contributed by atoms with van der Waals surface area (Å²) in [5, 5.41) is 12.8. The van der Waals surface area contributed by atoms with Crippen molar-refractivity contribution >= 4 is 12.4 Å². The van der Waals surface area contributed by atoms with E-state index in [9.17, 15) is 5.11 Å². The molecule has 2 fully saturated rings. The van der Waals surface area contributed by atoms with E-state index in [4.69, 9.17) is 0 Å². The second kappa shape index (κ2) is 2.68. The van der Waals surface area contributed by atoms with Gasteiger partial charge in [-0.05, 0) is 32.2 Å². The molecule has 0 amide bonds. The van der Waals surface area contributed by atoms with Crippen LogP contribution in [-0.4, -0.2) is 23.3 Å². The van der Waals surface area contributed by atoms with Crippen LogP contribution in [-0.2, 0) is 0 Å². The molecule has 10 heavy (non-hydrogen) atoms. The minimum absolute atomic E-state index is 0. The fourth-order valence-corrected chi connectivity index (χ4v) is 1.92. The van der Waals surface area contributed by atoms with E-state index in [-0.39, 0.29) is 24.0 Å². The number of hydrogen-bond donors (Lipinski definition) is 2. The van der Waals surface area contributed by atoms with Crippen molar-refractivity contribution < 1.29 is 5.11 Å². The van der Waals surface area contributed by atoms with Gasteiger partial charge in [-0.1, -0.05) is 0 Å². The Kier molecular flexibility index (Phi) is 2.23. The molecule has 1 saturated heterocycles. The predicted octanol–water partition coefficient (Wildman–Crippen LogP) is 0.685. The molecule has 2 nitrogen and oxygen atoms in total. The third kappa shape index (κ3) is 0.949. The molecule has 0 radical (unpaired) electrons. The first kappa shape index (κ1) is 8.31. The number of aliphatic hydroxyl groups excluding tert-OH is 1. The maximum absolute atomic E-state index is 9.44. The van der Waals surface area contributed by atoms with Gasteiger partial charge in [-0.2, -0.15) is 0 Å². The van der Waals surface area contributed by atoms with Crippen molar-refractivity contribution in [2.24, 2.45) is 0 Å². The number of aliphatic hydroxyl groups is 1. The number of rotatable bonds is 0. The fraction of sp³-hybridized carbons (Fsp3) is 1.00. The summed E-state index contributed by atoms with van der Waals surface area (Å²) in [5.74, 6) is 0. The zero-order valence-corrected chi connectivity index (χ0v) is 6.78. The van der Waals surface area contributed by atoms with Crippen LogP contribution in [0.3, 0.4) is 0 Å². The highest BCUT2D eigenvalue weighted by molar-refractivity contribution is 5.85. The lowest BCUT2D eigenvalue weighted by molar-refractivity contribution is 0.0446. The number of halogens is 1. The fourth-order valence-electron chi connectivity index (χ4n) is 1.92. The van der Waals surface area contributed by atoms with Gasteiger partial charge in [-0.15, -0.1) is 12.4 Å². The molecule has 0 bridgehead atoms. The summed E-state index contributed by atoms with van der Waals surface area (Å²) in [5.41, 5.74) is 0.181. The molecule has 0 aromatic heterocycles. The van der Waals surface area contributed by atoms with Crippen LogP contribution in [0.4, 0.5) is 0 Å². The van der Waals surface area contributed by atoms with Gasteiger partial charge in [0.2, 0.25) is 0 Å². The van der Waals surface area contributed by atoms with E-state index in [0.717, 1.165) is 13.0 Å². The molecule has 1 heterocycles. The van der Waals surface area contributed by atoms with Gasteiger partial charge in [-0.25, -0.2) is 0 Å². The Bertz CT molecular complexity index is 125. The second-order valence-electron chi connectivity index (χ2n) is 3.24. The Labute approximate surface area is 67.4 Å². The highest BCUT2D eigenvalue weighted by Gasteiger charge is 2.45. The summed E-state index contributed by atoms with van der Waals surface area (Å²) in [6.07, 6.45) is 4.58. The summed E-state index contributed by atoms with van der Waals surface area (Å²) in [6.45, 7) is 1.02. The van der Waals surface area contributed by atoms with Crippen molar-refractivity contribution in [1.29, 1.82) is 0 Å². The summed E-state index contributed by atoms with van der Waals surface area (Å²) in [7, 11) is 0. The molecule has 1 spiro atoms. The lowest BCUT2D eigenvalue weighted by atomic mass is 9.74. The highest BCUT2D eigenvalue weighted by Crippen LogP contribution is 2.38. The number of hydrogen-bond acceptors (Lipinski definition) is 2. The molecular formula is C7H14ClNO. The highest BCUT2D eigenvalue weighted by atomic mass is 35.5. The molecule has 3 heteroatoms. The minimum atomic E-state index is -0.0498. The van der Waals surface area contributed by atoms with Crippen molar-refractivity contribution in [2.75, 3.05) is 6.54 Å². The largest absolute Gasteiger partial charge is 0.391 e. The van der Waals surface area contributed by atoms with E-state index in [2.05, 4.69) is 5.32 Å². The predicted molar refractivity (Wildman–Crippen MR) is 42.5 cm³/mol. The molecule has 1 unspecified atom stereocenters. The van der Waals surface area contributed by atoms with E-state index < -0.39 is 0 Å². The quantitative estimate of drug-likeness (QED) is 0.551. The van der Waals surface area contributed by atoms with Gasteiger partial charge in [0.15, 0.2) is 0 Å². The van der Waals surface area contributed by atoms with E-state index in [0.29, 0.717) is 0 Å². The van der Waals surface area contributed by atoms with Crippen molar-refractivity contribution in [2.45, 2.75) is 37.3 Å². The molecule has 2 rings (SSSR count). The van der Waals surface area contributed by atoms with Crippen molar-refractivity contribution in [3.05, 3.63) is 0 Å². The molecule has 1 aliphatic heterocycles. The number of nitrogens with one attached hydrogen (secondary N) is 1. The average molecular weight is 164 g/mol. The summed E-state index contributed by atoms with van der Waals surface area (Å²) < 4.78 is 0. The first-order valence-electron chi connectivity index (χ1n) is 3.77. The zero-order valence-electron chi connectivity index (χ0n) is 5.97. The smallest absolute Gasteiger partial charge is 0.0733 e. The van der Waals surface area contributed by atoms with Gasteiger partial charge in [0, 0.05) is 5.54 Å². The van der Waals surface area contributed by atoms with Crippen LogP contribution in [0, 0.1) is 0 Å². The Morgan fingerprint density at radius 1 is 1.40 bits per heavy atom. The van der Waals surface area contributed by atoms with E-state index >= 15 is 0 Å². The summed E-state index contributed by atoms with van der Waals surface area (Å²) >= 11 is 0. The van der Waals surface area contributed by atoms with Gasteiger partial charge < -0.3 is 10.4 Å². The Balaban J connectivity index is 0.000000500. The average Bonchev–Trinajstić information content (AvgIpc) is 2.07. The van der Waals surface area contributed by atoms with Crippen LogP contribution in [0.1, 0.15) is 25.7 Å². The van der Waals surface area contributed by atoms with Gasteiger partial charge >= 0.3 is 0 Å². The normalized spacial score (nSPS) is 35.1. The molecule has 2 N–H and O–H groups in total.